The van der Waals surface area contributed by atoms with Crippen LogP contribution in [0.1, 0.15) is 92.0 Å². The van der Waals surface area contributed by atoms with Crippen LogP contribution in [0.25, 0.3) is 72.2 Å². The molecule has 0 amide bonds. The first-order chi connectivity index (χ1) is 40.5. The molecular formula is C76H62N4O2. The Labute approximate surface area is 480 Å². The van der Waals surface area contributed by atoms with Gasteiger partial charge in [-0.2, -0.15) is 5.26 Å². The molecule has 0 atom stereocenters. The Morgan fingerprint density at radius 3 is 1.23 bits per heavy atom. The first-order valence-electron chi connectivity index (χ1n) is 29.0. The molecule has 11 aromatic rings. The second-order valence-electron chi connectivity index (χ2n) is 21.8. The van der Waals surface area contributed by atoms with Crippen LogP contribution in [0.5, 0.6) is 11.5 Å². The summed E-state index contributed by atoms with van der Waals surface area (Å²) in [6.07, 6.45) is 21.0. The Kier molecular flexibility index (Phi) is 14.7. The highest BCUT2D eigenvalue weighted by Crippen LogP contribution is 2.43. The predicted octanol–water partition coefficient (Wildman–Crippen LogP) is 21.4. The number of ether oxygens (including phenoxy) is 2. The van der Waals surface area contributed by atoms with E-state index in [-0.39, 0.29) is 12.2 Å². The van der Waals surface area contributed by atoms with Crippen LogP contribution in [0.15, 0.2) is 218 Å². The minimum Gasteiger partial charge on any atom is -0.490 e. The van der Waals surface area contributed by atoms with Crippen LogP contribution in [0.4, 0.5) is 39.8 Å². The van der Waals surface area contributed by atoms with E-state index in [9.17, 15) is 5.26 Å². The molecule has 0 heterocycles. The quantitative estimate of drug-likeness (QED) is 0.0617. The lowest BCUT2D eigenvalue weighted by molar-refractivity contribution is 0.155. The zero-order valence-electron chi connectivity index (χ0n) is 45.9. The van der Waals surface area contributed by atoms with Gasteiger partial charge in [0.05, 0.1) is 35.7 Å². The topological polar surface area (TPSA) is 53.1 Å². The maximum atomic E-state index is 10.7. The molecule has 398 valence electrons. The van der Waals surface area contributed by atoms with Crippen molar-refractivity contribution in [3.05, 3.63) is 258 Å². The third kappa shape index (κ3) is 10.8. The molecule has 0 aliphatic heterocycles. The molecule has 2 saturated carbocycles. The van der Waals surface area contributed by atoms with Crippen molar-refractivity contribution in [3.8, 4) is 17.6 Å². The van der Waals surface area contributed by atoms with Crippen LogP contribution in [0.2, 0.25) is 0 Å². The molecule has 0 radical (unpaired) electrons. The van der Waals surface area contributed by atoms with Gasteiger partial charge in [-0.3, -0.25) is 0 Å². The molecule has 82 heavy (non-hydrogen) atoms. The number of fused-ring (bicyclic) bond motifs is 4. The SMILES string of the molecule is [C-]#[N+]c1c2ccc(C=Cc3ccc(N(c4ccc(OC5CCCCC5)cc4)c4cccc5ccccc45)cc3)cc2c(C#N)c2ccc(C=Cc3ccc(N(c4ccc(OC5CCCCC5)cc4)c4cccc5ccccc45)cc3)cc12. The molecule has 0 aromatic heterocycles. The largest absolute Gasteiger partial charge is 0.490 e. The summed E-state index contributed by atoms with van der Waals surface area (Å²) >= 11 is 0. The Balaban J connectivity index is 0.750. The number of anilines is 6. The van der Waals surface area contributed by atoms with Crippen molar-refractivity contribution in [3.63, 3.8) is 0 Å². The van der Waals surface area contributed by atoms with Crippen LogP contribution in [0.3, 0.4) is 0 Å². The highest BCUT2D eigenvalue weighted by atomic mass is 16.5. The molecule has 2 aliphatic carbocycles. The highest BCUT2D eigenvalue weighted by Gasteiger charge is 2.21. The average Bonchev–Trinajstić information content (AvgIpc) is 3.59. The van der Waals surface area contributed by atoms with Gasteiger partial charge in [0, 0.05) is 33.5 Å². The number of benzene rings is 11. The molecule has 2 fully saturated rings. The fourth-order valence-electron chi connectivity index (χ4n) is 12.3. The van der Waals surface area contributed by atoms with Crippen LogP contribution in [-0.2, 0) is 0 Å². The minimum absolute atomic E-state index is 0.289. The number of hydrogen-bond donors (Lipinski definition) is 0. The number of nitriles is 1. The van der Waals surface area contributed by atoms with E-state index in [0.717, 1.165) is 115 Å². The monoisotopic (exact) mass is 1060 g/mol. The van der Waals surface area contributed by atoms with Gasteiger partial charge in [-0.1, -0.05) is 165 Å². The molecule has 11 aromatic carbocycles. The summed E-state index contributed by atoms with van der Waals surface area (Å²) in [6, 6.07) is 79.0. The first kappa shape index (κ1) is 51.6. The second kappa shape index (κ2) is 23.4. The fourth-order valence-corrected chi connectivity index (χ4v) is 12.3. The normalized spacial score (nSPS) is 14.1. The van der Waals surface area contributed by atoms with Crippen LogP contribution >= 0.6 is 0 Å². The molecule has 0 bridgehead atoms. The highest BCUT2D eigenvalue weighted by molar-refractivity contribution is 6.16. The van der Waals surface area contributed by atoms with Gasteiger partial charge in [0.1, 0.15) is 17.6 Å². The Morgan fingerprint density at radius 1 is 0.390 bits per heavy atom. The van der Waals surface area contributed by atoms with Crippen molar-refractivity contribution >= 4 is 107 Å². The molecule has 0 N–H and O–H groups in total. The summed E-state index contributed by atoms with van der Waals surface area (Å²) < 4.78 is 12.9. The van der Waals surface area contributed by atoms with Gasteiger partial charge in [0.15, 0.2) is 0 Å². The van der Waals surface area contributed by atoms with Crippen molar-refractivity contribution < 1.29 is 9.47 Å². The lowest BCUT2D eigenvalue weighted by Gasteiger charge is -2.27. The summed E-state index contributed by atoms with van der Waals surface area (Å²) in [5.41, 5.74) is 11.5. The molecule has 0 spiro atoms. The molecule has 2 aliphatic rings. The van der Waals surface area contributed by atoms with E-state index in [0.29, 0.717) is 11.3 Å². The Hall–Kier alpha value is -9.88. The lowest BCUT2D eigenvalue weighted by Crippen LogP contribution is -2.19. The van der Waals surface area contributed by atoms with E-state index < -0.39 is 0 Å². The van der Waals surface area contributed by atoms with Crippen molar-refractivity contribution in [1.82, 2.24) is 0 Å². The average molecular weight is 1060 g/mol. The maximum absolute atomic E-state index is 10.7. The third-order valence-electron chi connectivity index (χ3n) is 16.5. The van der Waals surface area contributed by atoms with Gasteiger partial charge in [-0.15, -0.1) is 0 Å². The standard InChI is InChI=1S/C76H62N4O2/c1-78-76-70-49-35-55(28-26-53-30-36-59(37-31-53)79(74-24-12-16-57-14-8-10-22-67(57)74)61-40-44-65(45-41-61)81-63-18-4-2-5-19-63)50-71(70)73(52-77)69-48-34-56(51-72(69)76)29-27-54-32-38-60(39-33-54)80(75-25-13-17-58-15-9-11-23-68(58)75)62-42-46-66(47-43-62)82-64-20-6-3-7-21-64/h8-17,22-51,63-64H,2-7,18-21H2. The summed E-state index contributed by atoms with van der Waals surface area (Å²) in [4.78, 5) is 8.74. The zero-order chi connectivity index (χ0) is 55.2. The fraction of sp³-hybridized carbons (Fsp3) is 0.158. The second-order valence-corrected chi connectivity index (χ2v) is 21.8. The van der Waals surface area contributed by atoms with E-state index in [2.05, 4.69) is 227 Å². The Bertz CT molecular complexity index is 3960. The van der Waals surface area contributed by atoms with Crippen LogP contribution < -0.4 is 19.3 Å². The zero-order valence-corrected chi connectivity index (χ0v) is 45.9. The van der Waals surface area contributed by atoms with E-state index in [1.807, 2.05) is 36.4 Å². The van der Waals surface area contributed by atoms with E-state index in [4.69, 9.17) is 16.0 Å². The van der Waals surface area contributed by atoms with Gasteiger partial charge in [0.2, 0.25) is 5.69 Å². The maximum Gasteiger partial charge on any atom is 0.202 e. The number of nitrogens with zero attached hydrogens (tertiary/aromatic N) is 4. The summed E-state index contributed by atoms with van der Waals surface area (Å²) in [7, 11) is 0. The number of hydrogen-bond acceptors (Lipinski definition) is 5. The lowest BCUT2D eigenvalue weighted by atomic mass is 9.93. The summed E-state index contributed by atoms with van der Waals surface area (Å²) in [5, 5.41) is 18.5. The molecular weight excluding hydrogens is 1000 g/mol. The van der Waals surface area contributed by atoms with Crippen LogP contribution in [0, 0.1) is 17.9 Å². The molecule has 6 nitrogen and oxygen atoms in total. The van der Waals surface area contributed by atoms with Crippen molar-refractivity contribution in [2.45, 2.75) is 76.4 Å². The van der Waals surface area contributed by atoms with Gasteiger partial charge >= 0.3 is 0 Å². The van der Waals surface area contributed by atoms with Gasteiger partial charge in [0.25, 0.3) is 0 Å². The molecule has 6 heteroatoms. The predicted molar refractivity (Wildman–Crippen MR) is 343 cm³/mol. The van der Waals surface area contributed by atoms with Crippen molar-refractivity contribution in [2.24, 2.45) is 0 Å². The Morgan fingerprint density at radius 2 is 0.780 bits per heavy atom. The minimum atomic E-state index is 0.289. The van der Waals surface area contributed by atoms with E-state index >= 15 is 0 Å². The smallest absolute Gasteiger partial charge is 0.202 e. The summed E-state index contributed by atoms with van der Waals surface area (Å²) in [5.74, 6) is 1.83. The van der Waals surface area contributed by atoms with Gasteiger partial charge < -0.3 is 19.3 Å². The van der Waals surface area contributed by atoms with Gasteiger partial charge in [-0.05, 0) is 197 Å². The first-order valence-corrected chi connectivity index (χ1v) is 29.0. The summed E-state index contributed by atoms with van der Waals surface area (Å²) in [6.45, 7) is 8.42. The van der Waals surface area contributed by atoms with E-state index in [1.54, 1.807) is 0 Å². The van der Waals surface area contributed by atoms with Crippen molar-refractivity contribution in [1.29, 1.82) is 5.26 Å². The molecule has 13 rings (SSSR count). The number of rotatable bonds is 14. The third-order valence-corrected chi connectivity index (χ3v) is 16.5. The van der Waals surface area contributed by atoms with Gasteiger partial charge in [-0.25, -0.2) is 4.85 Å². The molecule has 0 saturated heterocycles. The van der Waals surface area contributed by atoms with Crippen LogP contribution in [-0.4, -0.2) is 12.2 Å². The van der Waals surface area contributed by atoms with E-state index in [1.165, 1.54) is 60.1 Å². The van der Waals surface area contributed by atoms with Crippen molar-refractivity contribution in [2.75, 3.05) is 9.80 Å². The molecule has 0 unspecified atom stereocenters.